The van der Waals surface area contributed by atoms with Gasteiger partial charge in [0, 0.05) is 42.0 Å². The van der Waals surface area contributed by atoms with E-state index in [0.29, 0.717) is 13.0 Å². The number of aliphatic carboxylic acids is 1. The third-order valence-electron chi connectivity index (χ3n) is 7.58. The first kappa shape index (κ1) is 31.5. The average Bonchev–Trinajstić information content (AvgIpc) is 3.07. The van der Waals surface area contributed by atoms with Crippen molar-refractivity contribution in [2.45, 2.75) is 62.2 Å². The molecular weight excluding hydrogens is 574 g/mol. The molecule has 4 aromatic carbocycles. The van der Waals surface area contributed by atoms with Gasteiger partial charge in [-0.15, -0.1) is 11.8 Å². The van der Waals surface area contributed by atoms with Crippen LogP contribution in [0.3, 0.4) is 0 Å². The normalized spacial score (nSPS) is 18.1. The van der Waals surface area contributed by atoms with Crippen LogP contribution < -0.4 is 5.32 Å². The highest BCUT2D eigenvalue weighted by molar-refractivity contribution is 7.99. The van der Waals surface area contributed by atoms with Crippen LogP contribution in [0, 0.1) is 0 Å². The maximum Gasteiger partial charge on any atom is 0.303 e. The first-order valence-corrected chi connectivity index (χ1v) is 15.8. The number of thioether (sulfide) groups is 1. The van der Waals surface area contributed by atoms with Gasteiger partial charge in [-0.3, -0.25) is 9.59 Å². The zero-order valence-electron chi connectivity index (χ0n) is 24.4. The quantitative estimate of drug-likeness (QED) is 0.139. The van der Waals surface area contributed by atoms with E-state index < -0.39 is 12.3 Å². The van der Waals surface area contributed by atoms with E-state index >= 15 is 0 Å². The molecule has 0 aliphatic carbocycles. The maximum absolute atomic E-state index is 12.2. The molecule has 0 saturated carbocycles. The molecule has 0 radical (unpaired) electrons. The highest BCUT2D eigenvalue weighted by Crippen LogP contribution is 2.40. The Morgan fingerprint density at radius 3 is 2.25 bits per heavy atom. The number of nitrogens with one attached hydrogen (secondary N) is 1. The molecule has 228 valence electrons. The van der Waals surface area contributed by atoms with Gasteiger partial charge in [-0.05, 0) is 46.4 Å². The molecule has 4 aromatic rings. The summed E-state index contributed by atoms with van der Waals surface area (Å²) in [4.78, 5) is 24.2. The Kier molecular flexibility index (Phi) is 11.2. The molecule has 0 bridgehead atoms. The molecule has 5 rings (SSSR count). The zero-order chi connectivity index (χ0) is 30.7. The Bertz CT molecular complexity index is 1510. The molecular formula is C36H37NO6S. The second kappa shape index (κ2) is 15.7. The lowest BCUT2D eigenvalue weighted by Crippen LogP contribution is -2.31. The second-order valence-electron chi connectivity index (χ2n) is 10.8. The summed E-state index contributed by atoms with van der Waals surface area (Å²) in [5.41, 5.74) is 5.83. The SMILES string of the molecule is O=C(O)CCCC(=O)NCc1ccccc1-c1ccc([C@@H]2O[C@H](CSc3ccccc3)C[C@H](c3ccc(CO)cc3)O2)cc1. The number of carbonyl (C=O) groups is 2. The maximum atomic E-state index is 12.2. The van der Waals surface area contributed by atoms with Gasteiger partial charge in [-0.1, -0.05) is 91.0 Å². The Morgan fingerprint density at radius 2 is 1.52 bits per heavy atom. The summed E-state index contributed by atoms with van der Waals surface area (Å²) in [6.07, 6.45) is 0.486. The third-order valence-corrected chi connectivity index (χ3v) is 8.72. The Balaban J connectivity index is 1.29. The fourth-order valence-electron chi connectivity index (χ4n) is 5.19. The molecule has 8 heteroatoms. The van der Waals surface area contributed by atoms with Crippen molar-refractivity contribution in [1.82, 2.24) is 5.32 Å². The van der Waals surface area contributed by atoms with Crippen molar-refractivity contribution in [3.8, 4) is 11.1 Å². The number of hydrogen-bond donors (Lipinski definition) is 3. The van der Waals surface area contributed by atoms with Crippen molar-refractivity contribution in [2.75, 3.05) is 5.75 Å². The molecule has 44 heavy (non-hydrogen) atoms. The van der Waals surface area contributed by atoms with Gasteiger partial charge in [0.1, 0.15) is 0 Å². The topological polar surface area (TPSA) is 105 Å². The third kappa shape index (κ3) is 8.80. The number of benzene rings is 4. The molecule has 0 spiro atoms. The first-order chi connectivity index (χ1) is 21.5. The molecule has 1 fully saturated rings. The van der Waals surface area contributed by atoms with Gasteiger partial charge in [0.05, 0.1) is 18.8 Å². The summed E-state index contributed by atoms with van der Waals surface area (Å²) in [5.74, 6) is -0.268. The van der Waals surface area contributed by atoms with E-state index in [-0.39, 0.29) is 37.6 Å². The predicted molar refractivity (Wildman–Crippen MR) is 171 cm³/mol. The molecule has 1 heterocycles. The van der Waals surface area contributed by atoms with Crippen LogP contribution in [0.2, 0.25) is 0 Å². The van der Waals surface area contributed by atoms with Crippen molar-refractivity contribution in [1.29, 1.82) is 0 Å². The molecule has 7 nitrogen and oxygen atoms in total. The number of rotatable bonds is 13. The summed E-state index contributed by atoms with van der Waals surface area (Å²) in [6, 6.07) is 34.3. The number of carboxylic acid groups (broad SMARTS) is 1. The molecule has 0 unspecified atom stereocenters. The lowest BCUT2D eigenvalue weighted by molar-refractivity contribution is -0.245. The summed E-state index contributed by atoms with van der Waals surface area (Å²) < 4.78 is 13.0. The minimum Gasteiger partial charge on any atom is -0.481 e. The van der Waals surface area contributed by atoms with Gasteiger partial charge in [0.2, 0.25) is 5.91 Å². The average molecular weight is 612 g/mol. The van der Waals surface area contributed by atoms with E-state index in [2.05, 4.69) is 17.4 Å². The van der Waals surface area contributed by atoms with Crippen LogP contribution >= 0.6 is 11.8 Å². The second-order valence-corrected chi connectivity index (χ2v) is 11.9. The number of hydrogen-bond acceptors (Lipinski definition) is 6. The summed E-state index contributed by atoms with van der Waals surface area (Å²) in [6.45, 7) is 0.360. The van der Waals surface area contributed by atoms with E-state index in [1.54, 1.807) is 11.8 Å². The van der Waals surface area contributed by atoms with Crippen molar-refractivity contribution >= 4 is 23.6 Å². The standard InChI is InChI=1S/C36H37NO6S/c38-23-25-13-15-27(16-14-25)33-21-30(24-44-31-8-2-1-3-9-31)42-36(43-33)28-19-17-26(18-20-28)32-10-5-4-7-29(32)22-37-34(39)11-6-12-35(40)41/h1-5,7-10,13-20,30,33,36,38H,6,11-12,21-24H2,(H,37,39)(H,40,41)/t30-,33+,36+/m0/s1. The number of carbonyl (C=O) groups excluding carboxylic acids is 1. The van der Waals surface area contributed by atoms with E-state index in [1.165, 1.54) is 4.90 Å². The van der Waals surface area contributed by atoms with Crippen LogP contribution in [0.5, 0.6) is 0 Å². The predicted octanol–water partition coefficient (Wildman–Crippen LogP) is 7.05. The number of aliphatic hydroxyl groups excluding tert-OH is 1. The number of aliphatic hydroxyl groups is 1. The summed E-state index contributed by atoms with van der Waals surface area (Å²) in [7, 11) is 0. The molecule has 0 aromatic heterocycles. The Labute approximate surface area is 262 Å². The molecule has 1 saturated heterocycles. The van der Waals surface area contributed by atoms with Crippen LogP contribution in [-0.2, 0) is 32.2 Å². The number of carboxylic acids is 1. The van der Waals surface area contributed by atoms with Crippen LogP contribution in [0.1, 0.15) is 60.3 Å². The fourth-order valence-corrected chi connectivity index (χ4v) is 6.13. The highest BCUT2D eigenvalue weighted by Gasteiger charge is 2.32. The summed E-state index contributed by atoms with van der Waals surface area (Å²) >= 11 is 1.77. The van der Waals surface area contributed by atoms with E-state index in [9.17, 15) is 14.7 Å². The van der Waals surface area contributed by atoms with Crippen molar-refractivity contribution in [2.24, 2.45) is 0 Å². The van der Waals surface area contributed by atoms with Gasteiger partial charge in [0.25, 0.3) is 0 Å². The highest BCUT2D eigenvalue weighted by atomic mass is 32.2. The van der Waals surface area contributed by atoms with Gasteiger partial charge in [-0.25, -0.2) is 0 Å². The van der Waals surface area contributed by atoms with Crippen molar-refractivity contribution in [3.63, 3.8) is 0 Å². The van der Waals surface area contributed by atoms with Crippen molar-refractivity contribution < 1.29 is 29.3 Å². The van der Waals surface area contributed by atoms with Crippen LogP contribution in [0.25, 0.3) is 11.1 Å². The molecule has 1 amide bonds. The van der Waals surface area contributed by atoms with Gasteiger partial charge < -0.3 is 25.0 Å². The lowest BCUT2D eigenvalue weighted by atomic mass is 9.97. The molecule has 1 aliphatic rings. The zero-order valence-corrected chi connectivity index (χ0v) is 25.2. The minimum absolute atomic E-state index is 0.00250. The molecule has 3 atom stereocenters. The van der Waals surface area contributed by atoms with Gasteiger partial charge in [0.15, 0.2) is 6.29 Å². The molecule has 3 N–H and O–H groups in total. The van der Waals surface area contributed by atoms with E-state index in [4.69, 9.17) is 14.6 Å². The Morgan fingerprint density at radius 1 is 0.818 bits per heavy atom. The van der Waals surface area contributed by atoms with Crippen LogP contribution in [-0.4, -0.2) is 33.9 Å². The minimum atomic E-state index is -0.899. The largest absolute Gasteiger partial charge is 0.481 e. The molecule has 1 aliphatic heterocycles. The fraction of sp³-hybridized carbons (Fsp3) is 0.278. The first-order valence-electron chi connectivity index (χ1n) is 14.8. The van der Waals surface area contributed by atoms with Crippen molar-refractivity contribution in [3.05, 3.63) is 125 Å². The van der Waals surface area contributed by atoms with E-state index in [0.717, 1.165) is 45.6 Å². The number of amides is 1. The summed E-state index contributed by atoms with van der Waals surface area (Å²) in [5, 5.41) is 21.2. The monoisotopic (exact) mass is 611 g/mol. The Hall–Kier alpha value is -3.95. The van der Waals surface area contributed by atoms with Crippen LogP contribution in [0.4, 0.5) is 0 Å². The smallest absolute Gasteiger partial charge is 0.303 e. The van der Waals surface area contributed by atoms with Crippen LogP contribution in [0.15, 0.2) is 108 Å². The van der Waals surface area contributed by atoms with E-state index in [1.807, 2.05) is 91.0 Å². The van der Waals surface area contributed by atoms with Gasteiger partial charge >= 0.3 is 5.97 Å². The number of ether oxygens (including phenoxy) is 2. The lowest BCUT2D eigenvalue weighted by Gasteiger charge is -2.36. The van der Waals surface area contributed by atoms with Gasteiger partial charge in [-0.2, -0.15) is 0 Å².